The van der Waals surface area contributed by atoms with E-state index >= 15 is 0 Å². The number of pyridine rings is 1. The van der Waals surface area contributed by atoms with Crippen LogP contribution in [0.1, 0.15) is 10.4 Å². The molecule has 22 heavy (non-hydrogen) atoms. The average Bonchev–Trinajstić information content (AvgIpc) is 2.48. The third-order valence-corrected chi connectivity index (χ3v) is 3.19. The van der Waals surface area contributed by atoms with E-state index in [-0.39, 0.29) is 17.1 Å². The van der Waals surface area contributed by atoms with Crippen molar-refractivity contribution >= 4 is 30.1 Å². The zero-order chi connectivity index (χ0) is 16.3. The van der Waals surface area contributed by atoms with E-state index in [1.807, 2.05) is 0 Å². The highest BCUT2D eigenvalue weighted by atomic mass is 35.5. The molecule has 0 saturated heterocycles. The molecule has 0 saturated carbocycles. The van der Waals surface area contributed by atoms with Gasteiger partial charge in [0.2, 0.25) is 6.41 Å². The van der Waals surface area contributed by atoms with Crippen LogP contribution < -0.4 is 4.90 Å². The van der Waals surface area contributed by atoms with Gasteiger partial charge in [-0.25, -0.2) is 9.88 Å². The summed E-state index contributed by atoms with van der Waals surface area (Å²) in [5, 5.41) is 27.5. The van der Waals surface area contributed by atoms with Crippen LogP contribution in [-0.2, 0) is 4.79 Å². The molecule has 1 amide bonds. The predicted octanol–water partition coefficient (Wildman–Crippen LogP) is 0.765. The molecule has 0 radical (unpaired) electrons. The highest BCUT2D eigenvalue weighted by molar-refractivity contribution is 6.33. The number of halogens is 1. The summed E-state index contributed by atoms with van der Waals surface area (Å²) in [4.78, 5) is 25.7. The molecule has 1 heterocycles. The number of aliphatic hydroxyl groups is 3. The number of hydrogen-bond acceptors (Lipinski definition) is 6. The van der Waals surface area contributed by atoms with E-state index in [2.05, 4.69) is 4.98 Å². The summed E-state index contributed by atoms with van der Waals surface area (Å²) in [6.45, 7) is 0. The molecule has 2 rings (SSSR count). The topological polar surface area (TPSA) is 111 Å². The van der Waals surface area contributed by atoms with E-state index in [9.17, 15) is 9.59 Å². The third kappa shape index (κ3) is 3.29. The predicted molar refractivity (Wildman–Crippen MR) is 78.0 cm³/mol. The molecule has 0 aliphatic heterocycles. The second-order valence-corrected chi connectivity index (χ2v) is 4.74. The van der Waals surface area contributed by atoms with Crippen molar-refractivity contribution in [1.82, 2.24) is 4.98 Å². The van der Waals surface area contributed by atoms with E-state index in [1.165, 1.54) is 18.3 Å². The van der Waals surface area contributed by atoms with Gasteiger partial charge < -0.3 is 15.3 Å². The quantitative estimate of drug-likeness (QED) is 0.554. The van der Waals surface area contributed by atoms with Crippen molar-refractivity contribution in [3.8, 4) is 11.1 Å². The van der Waals surface area contributed by atoms with E-state index < -0.39 is 6.10 Å². The van der Waals surface area contributed by atoms with Crippen LogP contribution in [-0.4, -0.2) is 39.1 Å². The SMILES string of the molecule is O=Cc1ccc(Cl)c(-c2ccc(N(C=O)C(O)(O)O)nc2)c1. The number of benzene rings is 1. The number of aldehydes is 1. The van der Waals surface area contributed by atoms with Crippen LogP contribution in [0.25, 0.3) is 11.1 Å². The van der Waals surface area contributed by atoms with Gasteiger partial charge in [0, 0.05) is 27.9 Å². The third-order valence-electron chi connectivity index (χ3n) is 2.86. The maximum absolute atomic E-state index is 10.8. The second kappa shape index (κ2) is 6.20. The molecule has 114 valence electrons. The second-order valence-electron chi connectivity index (χ2n) is 4.34. The van der Waals surface area contributed by atoms with Crippen LogP contribution >= 0.6 is 11.6 Å². The molecule has 0 aliphatic carbocycles. The van der Waals surface area contributed by atoms with Crippen molar-refractivity contribution in [3.05, 3.63) is 47.1 Å². The highest BCUT2D eigenvalue weighted by Gasteiger charge is 2.30. The minimum atomic E-state index is -3.36. The van der Waals surface area contributed by atoms with Gasteiger partial charge in [-0.15, -0.1) is 0 Å². The number of anilines is 1. The maximum atomic E-state index is 10.8. The van der Waals surface area contributed by atoms with E-state index in [1.54, 1.807) is 18.2 Å². The molecule has 8 heteroatoms. The molecule has 0 aliphatic rings. The molecule has 1 aromatic heterocycles. The van der Waals surface area contributed by atoms with E-state index in [4.69, 9.17) is 26.9 Å². The minimum Gasteiger partial charge on any atom is -0.325 e. The lowest BCUT2D eigenvalue weighted by Crippen LogP contribution is -2.48. The normalized spacial score (nSPS) is 11.1. The largest absolute Gasteiger partial charge is 0.377 e. The van der Waals surface area contributed by atoms with Gasteiger partial charge in [-0.2, -0.15) is 0 Å². The standard InChI is InChI=1S/C14H11ClN2O5/c15-12-3-1-9(7-18)5-11(12)10-2-4-13(16-6-10)17(8-19)14(20,21)22/h1-8,20-22H. The Labute approximate surface area is 130 Å². The molecule has 2 aromatic rings. The number of hydrogen-bond donors (Lipinski definition) is 3. The summed E-state index contributed by atoms with van der Waals surface area (Å²) in [6, 6.07) is 7.47. The average molecular weight is 323 g/mol. The maximum Gasteiger partial charge on any atom is 0.377 e. The first-order valence-corrected chi connectivity index (χ1v) is 6.37. The van der Waals surface area contributed by atoms with Crippen LogP contribution in [0.15, 0.2) is 36.5 Å². The van der Waals surface area contributed by atoms with Gasteiger partial charge in [0.05, 0.1) is 0 Å². The Morgan fingerprint density at radius 3 is 2.36 bits per heavy atom. The van der Waals surface area contributed by atoms with E-state index in [0.717, 1.165) is 0 Å². The van der Waals surface area contributed by atoms with Gasteiger partial charge in [-0.3, -0.25) is 9.59 Å². The van der Waals surface area contributed by atoms with Gasteiger partial charge in [0.25, 0.3) is 0 Å². The molecule has 3 N–H and O–H groups in total. The number of rotatable bonds is 5. The van der Waals surface area contributed by atoms with Crippen molar-refractivity contribution in [1.29, 1.82) is 0 Å². The Hall–Kier alpha value is -2.32. The van der Waals surface area contributed by atoms with Crippen molar-refractivity contribution in [3.63, 3.8) is 0 Å². The molecule has 0 bridgehead atoms. The van der Waals surface area contributed by atoms with Gasteiger partial charge in [-0.05, 0) is 24.3 Å². The lowest BCUT2D eigenvalue weighted by molar-refractivity contribution is -0.305. The fourth-order valence-corrected chi connectivity index (χ4v) is 2.03. The number of carbonyl (C=O) groups is 2. The molecule has 0 spiro atoms. The zero-order valence-electron chi connectivity index (χ0n) is 11.0. The van der Waals surface area contributed by atoms with Gasteiger partial charge in [-0.1, -0.05) is 17.7 Å². The summed E-state index contributed by atoms with van der Waals surface area (Å²) < 4.78 is 0. The summed E-state index contributed by atoms with van der Waals surface area (Å²) in [5.41, 5.74) is 1.52. The number of aromatic nitrogens is 1. The van der Waals surface area contributed by atoms with Crippen molar-refractivity contribution in [2.45, 2.75) is 6.10 Å². The summed E-state index contributed by atoms with van der Waals surface area (Å²) in [5.74, 6) is -0.186. The zero-order valence-corrected chi connectivity index (χ0v) is 11.8. The Balaban J connectivity index is 2.41. The lowest BCUT2D eigenvalue weighted by atomic mass is 10.1. The Kier molecular flexibility index (Phi) is 4.53. The first-order valence-electron chi connectivity index (χ1n) is 5.99. The van der Waals surface area contributed by atoms with Gasteiger partial charge in [0.15, 0.2) is 0 Å². The highest BCUT2D eigenvalue weighted by Crippen LogP contribution is 2.29. The Bertz CT molecular complexity index is 697. The number of nitrogens with zero attached hydrogens (tertiary/aromatic N) is 2. The lowest BCUT2D eigenvalue weighted by Gasteiger charge is -2.25. The summed E-state index contributed by atoms with van der Waals surface area (Å²) in [6.07, 6.45) is -1.35. The fourth-order valence-electron chi connectivity index (χ4n) is 1.80. The summed E-state index contributed by atoms with van der Waals surface area (Å²) >= 11 is 6.06. The van der Waals surface area contributed by atoms with Crippen LogP contribution in [0.2, 0.25) is 5.02 Å². The van der Waals surface area contributed by atoms with Crippen LogP contribution in [0.3, 0.4) is 0 Å². The molecule has 0 fully saturated rings. The monoisotopic (exact) mass is 322 g/mol. The first-order chi connectivity index (χ1) is 10.4. The van der Waals surface area contributed by atoms with Crippen molar-refractivity contribution in [2.75, 3.05) is 4.90 Å². The Morgan fingerprint density at radius 1 is 1.14 bits per heavy atom. The summed E-state index contributed by atoms with van der Waals surface area (Å²) in [7, 11) is 0. The smallest absolute Gasteiger partial charge is 0.325 e. The molecular formula is C14H11ClN2O5. The minimum absolute atomic E-state index is 0.0159. The molecule has 0 atom stereocenters. The van der Waals surface area contributed by atoms with Crippen LogP contribution in [0.4, 0.5) is 5.82 Å². The fraction of sp³-hybridized carbons (Fsp3) is 0.0714. The number of amides is 1. The molecular weight excluding hydrogens is 312 g/mol. The van der Waals surface area contributed by atoms with Gasteiger partial charge >= 0.3 is 6.10 Å². The van der Waals surface area contributed by atoms with E-state index in [0.29, 0.717) is 28.0 Å². The first kappa shape index (κ1) is 16.1. The van der Waals surface area contributed by atoms with Crippen LogP contribution in [0.5, 0.6) is 0 Å². The molecule has 7 nitrogen and oxygen atoms in total. The molecule has 1 aromatic carbocycles. The van der Waals surface area contributed by atoms with Crippen molar-refractivity contribution in [2.24, 2.45) is 0 Å². The van der Waals surface area contributed by atoms with Crippen molar-refractivity contribution < 1.29 is 24.9 Å². The number of carbonyl (C=O) groups excluding carboxylic acids is 2. The Morgan fingerprint density at radius 2 is 1.86 bits per heavy atom. The molecule has 0 unspecified atom stereocenters. The van der Waals surface area contributed by atoms with Gasteiger partial charge in [0.1, 0.15) is 12.1 Å². The van der Waals surface area contributed by atoms with Crippen LogP contribution in [0, 0.1) is 0 Å².